The lowest BCUT2D eigenvalue weighted by Gasteiger charge is -2.13. The van der Waals surface area contributed by atoms with E-state index in [-0.39, 0.29) is 5.97 Å². The lowest BCUT2D eigenvalue weighted by atomic mass is 10.2. The first kappa shape index (κ1) is 11.1. The first-order valence-electron chi connectivity index (χ1n) is 5.61. The van der Waals surface area contributed by atoms with Crippen molar-refractivity contribution in [3.8, 4) is 0 Å². The minimum atomic E-state index is -0.181. The van der Waals surface area contributed by atoms with E-state index in [4.69, 9.17) is 0 Å². The van der Waals surface area contributed by atoms with E-state index in [1.807, 2.05) is 10.8 Å². The zero-order chi connectivity index (χ0) is 11.4. The summed E-state index contributed by atoms with van der Waals surface area (Å²) in [6.07, 6.45) is 6.39. The minimum absolute atomic E-state index is 0.181. The van der Waals surface area contributed by atoms with E-state index in [1.165, 1.54) is 19.2 Å². The van der Waals surface area contributed by atoms with Gasteiger partial charge in [-0.1, -0.05) is 0 Å². The molecule has 16 heavy (non-hydrogen) atoms. The Kier molecular flexibility index (Phi) is 3.56. The Morgan fingerprint density at radius 3 is 3.31 bits per heavy atom. The zero-order valence-electron chi connectivity index (χ0n) is 9.48. The Hall–Kier alpha value is -1.36. The summed E-state index contributed by atoms with van der Waals surface area (Å²) in [6, 6.07) is 0.389. The second kappa shape index (κ2) is 5.12. The molecular weight excluding hydrogens is 206 g/mol. The van der Waals surface area contributed by atoms with Crippen LogP contribution in [0.4, 0.5) is 0 Å². The molecule has 1 aromatic rings. The van der Waals surface area contributed by atoms with Crippen LogP contribution in [0.25, 0.3) is 0 Å². The Balaban J connectivity index is 1.98. The van der Waals surface area contributed by atoms with E-state index < -0.39 is 0 Å². The molecule has 5 heteroatoms. The molecule has 1 N–H and O–H groups in total. The second-order valence-electron chi connectivity index (χ2n) is 3.99. The maximum absolute atomic E-state index is 11.1. The van der Waals surface area contributed by atoms with Gasteiger partial charge in [-0.05, 0) is 19.4 Å². The van der Waals surface area contributed by atoms with Crippen molar-refractivity contribution in [3.63, 3.8) is 0 Å². The van der Waals surface area contributed by atoms with E-state index in [2.05, 4.69) is 15.0 Å². The van der Waals surface area contributed by atoms with Crippen molar-refractivity contribution in [2.75, 3.05) is 13.7 Å². The Morgan fingerprint density at radius 1 is 1.75 bits per heavy atom. The van der Waals surface area contributed by atoms with Gasteiger partial charge in [0.25, 0.3) is 0 Å². The number of esters is 1. The van der Waals surface area contributed by atoms with E-state index in [0.717, 1.165) is 13.0 Å². The fourth-order valence-electron chi connectivity index (χ4n) is 2.06. The molecule has 0 aromatic carbocycles. The molecule has 1 aliphatic heterocycles. The van der Waals surface area contributed by atoms with E-state index in [0.29, 0.717) is 19.0 Å². The van der Waals surface area contributed by atoms with Crippen molar-refractivity contribution >= 4 is 5.97 Å². The maximum Gasteiger partial charge on any atom is 0.307 e. The highest BCUT2D eigenvalue weighted by atomic mass is 16.5. The lowest BCUT2D eigenvalue weighted by molar-refractivity contribution is -0.140. The van der Waals surface area contributed by atoms with E-state index in [1.54, 1.807) is 6.33 Å². The van der Waals surface area contributed by atoms with Gasteiger partial charge in [-0.15, -0.1) is 0 Å². The number of carbonyl (C=O) groups excluding carboxylic acids is 1. The van der Waals surface area contributed by atoms with Crippen LogP contribution in [0, 0.1) is 0 Å². The Bertz CT molecular complexity index is 356. The number of aryl methyl sites for hydroxylation is 1. The van der Waals surface area contributed by atoms with Crippen LogP contribution in [-0.4, -0.2) is 29.2 Å². The molecular formula is C11H17N3O2. The molecule has 0 amide bonds. The highest BCUT2D eigenvalue weighted by molar-refractivity contribution is 5.68. The highest BCUT2D eigenvalue weighted by Gasteiger charge is 2.19. The molecule has 1 aromatic heterocycles. The minimum Gasteiger partial charge on any atom is -0.469 e. The van der Waals surface area contributed by atoms with Crippen LogP contribution in [0.5, 0.6) is 0 Å². The number of hydrogen-bond donors (Lipinski definition) is 1. The number of aromatic nitrogens is 2. The van der Waals surface area contributed by atoms with Crippen molar-refractivity contribution < 1.29 is 9.53 Å². The Morgan fingerprint density at radius 2 is 2.62 bits per heavy atom. The monoisotopic (exact) mass is 223 g/mol. The number of hydrogen-bond acceptors (Lipinski definition) is 4. The third kappa shape index (κ3) is 2.41. The Labute approximate surface area is 94.8 Å². The molecule has 0 bridgehead atoms. The van der Waals surface area contributed by atoms with Crippen molar-refractivity contribution in [2.45, 2.75) is 31.8 Å². The van der Waals surface area contributed by atoms with Crippen LogP contribution in [-0.2, 0) is 16.1 Å². The molecule has 0 radical (unpaired) electrons. The number of carbonyl (C=O) groups is 1. The molecule has 1 fully saturated rings. The summed E-state index contributed by atoms with van der Waals surface area (Å²) in [5.41, 5.74) is 1.17. The van der Waals surface area contributed by atoms with Gasteiger partial charge in [0.2, 0.25) is 0 Å². The van der Waals surface area contributed by atoms with Gasteiger partial charge in [-0.2, -0.15) is 0 Å². The predicted octanol–water partition coefficient (Wildman–Crippen LogP) is 0.871. The molecule has 88 valence electrons. The SMILES string of the molecule is COC(=O)CCn1cncc1[C@@H]1CCCN1. The average Bonchev–Trinajstić information content (AvgIpc) is 2.95. The molecule has 0 unspecified atom stereocenters. The zero-order valence-corrected chi connectivity index (χ0v) is 9.48. The molecule has 2 rings (SSSR count). The van der Waals surface area contributed by atoms with Gasteiger partial charge in [0.1, 0.15) is 0 Å². The number of nitrogens with one attached hydrogen (secondary N) is 1. The standard InChI is InChI=1S/C11H17N3O2/c1-16-11(15)4-6-14-8-12-7-10(14)9-3-2-5-13-9/h7-9,13H,2-6H2,1H3/t9-/m0/s1. The number of ether oxygens (including phenoxy) is 1. The van der Waals surface area contributed by atoms with Gasteiger partial charge in [-0.3, -0.25) is 4.79 Å². The fourth-order valence-corrected chi connectivity index (χ4v) is 2.06. The summed E-state index contributed by atoms with van der Waals surface area (Å²) >= 11 is 0. The van der Waals surface area contributed by atoms with Crippen molar-refractivity contribution in [3.05, 3.63) is 18.2 Å². The third-order valence-electron chi connectivity index (χ3n) is 2.95. The maximum atomic E-state index is 11.1. The van der Waals surface area contributed by atoms with Gasteiger partial charge >= 0.3 is 5.97 Å². The van der Waals surface area contributed by atoms with Crippen molar-refractivity contribution in [1.82, 2.24) is 14.9 Å². The molecule has 5 nitrogen and oxygen atoms in total. The normalized spacial score (nSPS) is 19.9. The predicted molar refractivity (Wildman–Crippen MR) is 58.8 cm³/mol. The van der Waals surface area contributed by atoms with Crippen LogP contribution < -0.4 is 5.32 Å². The smallest absolute Gasteiger partial charge is 0.307 e. The molecule has 2 heterocycles. The van der Waals surface area contributed by atoms with Gasteiger partial charge in [0.15, 0.2) is 0 Å². The summed E-state index contributed by atoms with van der Waals surface area (Å²) in [5, 5.41) is 3.42. The van der Waals surface area contributed by atoms with Crippen LogP contribution in [0.15, 0.2) is 12.5 Å². The molecule has 1 atom stereocenters. The van der Waals surface area contributed by atoms with E-state index in [9.17, 15) is 4.79 Å². The first-order valence-corrected chi connectivity index (χ1v) is 5.61. The number of methoxy groups -OCH3 is 1. The molecule has 0 saturated carbocycles. The molecule has 0 spiro atoms. The largest absolute Gasteiger partial charge is 0.469 e. The van der Waals surface area contributed by atoms with Gasteiger partial charge in [-0.25, -0.2) is 4.98 Å². The summed E-state index contributed by atoms with van der Waals surface area (Å²) in [6.45, 7) is 1.70. The lowest BCUT2D eigenvalue weighted by Crippen LogP contribution is -2.17. The molecule has 1 saturated heterocycles. The van der Waals surface area contributed by atoms with E-state index >= 15 is 0 Å². The van der Waals surface area contributed by atoms with Gasteiger partial charge in [0, 0.05) is 18.8 Å². The summed E-state index contributed by atoms with van der Waals surface area (Å²) in [4.78, 5) is 15.2. The number of nitrogens with zero attached hydrogens (tertiary/aromatic N) is 2. The number of rotatable bonds is 4. The van der Waals surface area contributed by atoms with Gasteiger partial charge < -0.3 is 14.6 Å². The summed E-state index contributed by atoms with van der Waals surface area (Å²) in [5.74, 6) is -0.181. The van der Waals surface area contributed by atoms with Gasteiger partial charge in [0.05, 0.1) is 25.6 Å². The third-order valence-corrected chi connectivity index (χ3v) is 2.95. The quantitative estimate of drug-likeness (QED) is 0.769. The average molecular weight is 223 g/mol. The topological polar surface area (TPSA) is 56.2 Å². The van der Waals surface area contributed by atoms with Crippen LogP contribution in [0.2, 0.25) is 0 Å². The fraction of sp³-hybridized carbons (Fsp3) is 0.636. The molecule has 0 aliphatic carbocycles. The summed E-state index contributed by atoms with van der Waals surface area (Å²) in [7, 11) is 1.41. The molecule has 1 aliphatic rings. The second-order valence-corrected chi connectivity index (χ2v) is 3.99. The first-order chi connectivity index (χ1) is 7.81. The van der Waals surface area contributed by atoms with Crippen molar-refractivity contribution in [1.29, 1.82) is 0 Å². The number of imidazole rings is 1. The summed E-state index contributed by atoms with van der Waals surface area (Å²) < 4.78 is 6.65. The van der Waals surface area contributed by atoms with Crippen LogP contribution >= 0.6 is 0 Å². The van der Waals surface area contributed by atoms with Crippen molar-refractivity contribution in [2.24, 2.45) is 0 Å². The highest BCUT2D eigenvalue weighted by Crippen LogP contribution is 2.22. The van der Waals surface area contributed by atoms with Crippen LogP contribution in [0.1, 0.15) is 31.0 Å². The van der Waals surface area contributed by atoms with Crippen LogP contribution in [0.3, 0.4) is 0 Å².